The summed E-state index contributed by atoms with van der Waals surface area (Å²) in [5.41, 5.74) is 0.851. The highest BCUT2D eigenvalue weighted by molar-refractivity contribution is 9.10. The second-order valence-corrected chi connectivity index (χ2v) is 10.7. The first-order valence-corrected chi connectivity index (χ1v) is 13.8. The lowest BCUT2D eigenvalue weighted by Gasteiger charge is -2.20. The number of benzene rings is 2. The number of nitrogens with zero attached hydrogens (tertiary/aromatic N) is 3. The number of nitrogens with one attached hydrogen (secondary N) is 1. The van der Waals surface area contributed by atoms with Gasteiger partial charge in [0, 0.05) is 5.92 Å². The second kappa shape index (κ2) is 11.5. The minimum absolute atomic E-state index is 0.0294. The Morgan fingerprint density at radius 1 is 1.14 bits per heavy atom. The van der Waals surface area contributed by atoms with E-state index in [1.807, 2.05) is 36.4 Å². The van der Waals surface area contributed by atoms with Gasteiger partial charge in [0.25, 0.3) is 5.91 Å². The largest absolute Gasteiger partial charge is 0.493 e. The maximum Gasteiger partial charge on any atom is 0.283 e. The Labute approximate surface area is 228 Å². The van der Waals surface area contributed by atoms with Crippen molar-refractivity contribution in [3.05, 3.63) is 58.1 Å². The van der Waals surface area contributed by atoms with E-state index in [0.29, 0.717) is 45.8 Å². The topological polar surface area (TPSA) is 96.6 Å². The molecule has 2 aliphatic heterocycles. The number of carbonyl (C=O) groups is 1. The number of carbonyl (C=O) groups excluding carboxylic acids is 1. The van der Waals surface area contributed by atoms with Crippen LogP contribution < -0.4 is 14.2 Å². The van der Waals surface area contributed by atoms with Gasteiger partial charge in [0.1, 0.15) is 24.0 Å². The van der Waals surface area contributed by atoms with Crippen molar-refractivity contribution in [2.24, 2.45) is 16.0 Å². The summed E-state index contributed by atoms with van der Waals surface area (Å²) in [6.07, 6.45) is 7.46. The van der Waals surface area contributed by atoms with Crippen LogP contribution >= 0.6 is 27.7 Å². The fourth-order valence-corrected chi connectivity index (χ4v) is 6.10. The number of hydrazone groups is 1. The van der Waals surface area contributed by atoms with E-state index in [1.165, 1.54) is 36.0 Å². The number of methoxy groups -OCH3 is 1. The zero-order valence-electron chi connectivity index (χ0n) is 20.4. The van der Waals surface area contributed by atoms with Gasteiger partial charge in [-0.1, -0.05) is 37.5 Å². The summed E-state index contributed by atoms with van der Waals surface area (Å²) in [5.74, 6) is 1.77. The molecule has 37 heavy (non-hydrogen) atoms. The van der Waals surface area contributed by atoms with Gasteiger partial charge >= 0.3 is 0 Å². The van der Waals surface area contributed by atoms with Crippen molar-refractivity contribution in [2.45, 2.75) is 32.1 Å². The molecule has 0 atom stereocenters. The fourth-order valence-electron chi connectivity index (χ4n) is 4.47. The van der Waals surface area contributed by atoms with Crippen LogP contribution in [0, 0.1) is 11.3 Å². The number of amides is 1. The summed E-state index contributed by atoms with van der Waals surface area (Å²) >= 11 is 4.97. The van der Waals surface area contributed by atoms with Crippen LogP contribution in [-0.2, 0) is 4.79 Å². The quantitative estimate of drug-likeness (QED) is 0.297. The molecule has 1 fully saturated rings. The third-order valence-electron chi connectivity index (χ3n) is 6.33. The molecule has 0 spiro atoms. The molecule has 0 bridgehead atoms. The van der Waals surface area contributed by atoms with Crippen LogP contribution in [0.2, 0.25) is 0 Å². The van der Waals surface area contributed by atoms with E-state index < -0.39 is 5.91 Å². The number of amidine groups is 2. The first-order valence-electron chi connectivity index (χ1n) is 12.2. The van der Waals surface area contributed by atoms with E-state index in [2.05, 4.69) is 26.0 Å². The zero-order valence-corrected chi connectivity index (χ0v) is 22.8. The fraction of sp³-hybridized carbons (Fsp3) is 0.333. The Balaban J connectivity index is 1.30. The van der Waals surface area contributed by atoms with Crippen LogP contribution in [0.15, 0.2) is 62.6 Å². The molecular formula is C27H27BrN4O4S. The Hall–Kier alpha value is -3.11. The highest BCUT2D eigenvalue weighted by Gasteiger charge is 2.38. The number of hydrogen-bond donors (Lipinski definition) is 1. The number of rotatable bonds is 8. The normalized spacial score (nSPS) is 19.0. The molecule has 192 valence electrons. The molecule has 0 radical (unpaired) electrons. The number of thioether (sulfide) groups is 1. The molecular weight excluding hydrogens is 556 g/mol. The third-order valence-corrected chi connectivity index (χ3v) is 7.99. The van der Waals surface area contributed by atoms with Gasteiger partial charge in [-0.2, -0.15) is 15.1 Å². The van der Waals surface area contributed by atoms with Crippen molar-refractivity contribution < 1.29 is 19.0 Å². The molecule has 10 heteroatoms. The lowest BCUT2D eigenvalue weighted by atomic mass is 9.90. The summed E-state index contributed by atoms with van der Waals surface area (Å²) in [7, 11) is 1.55. The van der Waals surface area contributed by atoms with Gasteiger partial charge in [0.15, 0.2) is 17.3 Å². The predicted octanol–water partition coefficient (Wildman–Crippen LogP) is 6.11. The van der Waals surface area contributed by atoms with Gasteiger partial charge in [0.2, 0.25) is 5.17 Å². The minimum atomic E-state index is -0.447. The van der Waals surface area contributed by atoms with Crippen molar-refractivity contribution in [3.8, 4) is 17.2 Å². The van der Waals surface area contributed by atoms with Crippen molar-refractivity contribution in [2.75, 3.05) is 20.3 Å². The van der Waals surface area contributed by atoms with Gasteiger partial charge in [-0.05, 0) is 76.4 Å². The van der Waals surface area contributed by atoms with Crippen molar-refractivity contribution >= 4 is 55.7 Å². The monoisotopic (exact) mass is 582 g/mol. The van der Waals surface area contributed by atoms with E-state index >= 15 is 0 Å². The smallest absolute Gasteiger partial charge is 0.283 e. The molecule has 3 aliphatic rings. The summed E-state index contributed by atoms with van der Waals surface area (Å²) in [4.78, 5) is 17.1. The second-order valence-electron chi connectivity index (χ2n) is 8.84. The molecule has 8 nitrogen and oxygen atoms in total. The number of ether oxygens (including phenoxy) is 3. The first-order chi connectivity index (χ1) is 18.0. The molecule has 0 unspecified atom stereocenters. The van der Waals surface area contributed by atoms with E-state index in [9.17, 15) is 4.79 Å². The van der Waals surface area contributed by atoms with Gasteiger partial charge in [0.05, 0.1) is 17.2 Å². The van der Waals surface area contributed by atoms with Gasteiger partial charge < -0.3 is 14.2 Å². The van der Waals surface area contributed by atoms with Crippen molar-refractivity contribution in [1.82, 2.24) is 5.01 Å². The van der Waals surface area contributed by atoms with E-state index in [1.54, 1.807) is 19.3 Å². The van der Waals surface area contributed by atoms with Crippen molar-refractivity contribution in [3.63, 3.8) is 0 Å². The summed E-state index contributed by atoms with van der Waals surface area (Å²) in [5, 5.41) is 16.3. The summed E-state index contributed by atoms with van der Waals surface area (Å²) < 4.78 is 17.8. The van der Waals surface area contributed by atoms with E-state index in [0.717, 1.165) is 23.6 Å². The lowest BCUT2D eigenvalue weighted by Crippen LogP contribution is -2.35. The van der Waals surface area contributed by atoms with E-state index in [4.69, 9.17) is 19.6 Å². The molecule has 2 aromatic rings. The molecule has 0 saturated heterocycles. The highest BCUT2D eigenvalue weighted by Crippen LogP contribution is 2.39. The summed E-state index contributed by atoms with van der Waals surface area (Å²) in [6, 6.07) is 13.1. The number of fused-ring (bicyclic) bond motifs is 1. The number of halogens is 1. The lowest BCUT2D eigenvalue weighted by molar-refractivity contribution is -0.114. The average Bonchev–Trinajstić information content (AvgIpc) is 3.35. The minimum Gasteiger partial charge on any atom is -0.493 e. The number of para-hydroxylation sites is 1. The third kappa shape index (κ3) is 5.75. The Morgan fingerprint density at radius 2 is 1.89 bits per heavy atom. The van der Waals surface area contributed by atoms with Crippen LogP contribution in [0.3, 0.4) is 0 Å². The Morgan fingerprint density at radius 3 is 2.65 bits per heavy atom. The van der Waals surface area contributed by atoms with Crippen LogP contribution in [0.5, 0.6) is 17.2 Å². The Bertz CT molecular complexity index is 1290. The van der Waals surface area contributed by atoms with Crippen LogP contribution in [0.4, 0.5) is 0 Å². The van der Waals surface area contributed by atoms with Crippen LogP contribution in [-0.4, -0.2) is 47.3 Å². The zero-order chi connectivity index (χ0) is 25.8. The Kier molecular flexibility index (Phi) is 7.95. The van der Waals surface area contributed by atoms with Gasteiger partial charge in [-0.25, -0.2) is 0 Å². The van der Waals surface area contributed by atoms with Gasteiger partial charge in [-0.3, -0.25) is 10.2 Å². The van der Waals surface area contributed by atoms with Gasteiger partial charge in [-0.15, -0.1) is 0 Å². The molecule has 1 amide bonds. The SMILES string of the molecule is COc1cc(/C=C2/C(=N)N3N=C(C4CCCCC4)SC3=NC2=O)cc(Br)c1OCCOc1ccccc1. The van der Waals surface area contributed by atoms with Crippen LogP contribution in [0.1, 0.15) is 37.7 Å². The number of hydrogen-bond acceptors (Lipinski definition) is 7. The standard InChI is InChI=1S/C27H27BrN4O4S/c1-34-22-16-17(15-21(28)23(22)36-13-12-35-19-10-6-3-7-11-19)14-20-24(29)32-27(30-25(20)33)37-26(31-32)18-8-4-2-5-9-18/h3,6-7,10-11,14-16,18,29H,2,4-5,8-9,12-13H2,1H3/b20-14-,29-24?. The van der Waals surface area contributed by atoms with Crippen LogP contribution in [0.25, 0.3) is 6.08 Å². The highest BCUT2D eigenvalue weighted by atomic mass is 79.9. The maximum absolute atomic E-state index is 12.9. The average molecular weight is 584 g/mol. The molecule has 2 heterocycles. The maximum atomic E-state index is 12.9. The molecule has 1 aliphatic carbocycles. The first kappa shape index (κ1) is 25.5. The number of aliphatic imine (C=N–C) groups is 1. The molecule has 2 aromatic carbocycles. The predicted molar refractivity (Wildman–Crippen MR) is 150 cm³/mol. The van der Waals surface area contributed by atoms with E-state index in [-0.39, 0.29) is 11.4 Å². The molecule has 1 N–H and O–H groups in total. The molecule has 0 aromatic heterocycles. The molecule has 1 saturated carbocycles. The van der Waals surface area contributed by atoms with Crippen molar-refractivity contribution in [1.29, 1.82) is 5.41 Å². The summed E-state index contributed by atoms with van der Waals surface area (Å²) in [6.45, 7) is 0.688. The molecule has 5 rings (SSSR count).